The first-order valence-corrected chi connectivity index (χ1v) is 8.64. The Labute approximate surface area is 159 Å². The number of rotatable bonds is 6. The van der Waals surface area contributed by atoms with Crippen LogP contribution in [0.5, 0.6) is 0 Å². The highest BCUT2D eigenvalue weighted by Gasteiger charge is 2.15. The lowest BCUT2D eigenvalue weighted by Crippen LogP contribution is -2.30. The topological polar surface area (TPSA) is 68.5 Å². The summed E-state index contributed by atoms with van der Waals surface area (Å²) in [5.74, 6) is -1.07. The standard InChI is InChI=1S/C19H15Cl2NO4/c20-14-3-1-2-12(8-14)6-7-22-18(23)11-25-19(24)17-10-13-9-15(21)4-5-16(13)26-17/h1-5,8-10H,6-7,11H2,(H,22,23). The van der Waals surface area contributed by atoms with E-state index in [0.29, 0.717) is 34.0 Å². The molecule has 0 fully saturated rings. The molecule has 0 saturated carbocycles. The Morgan fingerprint density at radius 3 is 2.65 bits per heavy atom. The van der Waals surface area contributed by atoms with Crippen LogP contribution in [0.25, 0.3) is 11.0 Å². The number of nitrogens with one attached hydrogen (secondary N) is 1. The second kappa shape index (κ2) is 8.25. The van der Waals surface area contributed by atoms with E-state index >= 15 is 0 Å². The van der Waals surface area contributed by atoms with Crippen molar-refractivity contribution in [1.82, 2.24) is 5.32 Å². The Kier molecular flexibility index (Phi) is 5.81. The number of hydrogen-bond donors (Lipinski definition) is 1. The largest absolute Gasteiger partial charge is 0.450 e. The van der Waals surface area contributed by atoms with E-state index in [-0.39, 0.29) is 18.3 Å². The molecule has 2 aromatic carbocycles. The zero-order chi connectivity index (χ0) is 18.5. The van der Waals surface area contributed by atoms with Gasteiger partial charge in [-0.05, 0) is 48.4 Å². The van der Waals surface area contributed by atoms with Gasteiger partial charge in [0, 0.05) is 22.0 Å². The van der Waals surface area contributed by atoms with Crippen LogP contribution in [0.15, 0.2) is 52.9 Å². The van der Waals surface area contributed by atoms with Crippen molar-refractivity contribution in [3.8, 4) is 0 Å². The van der Waals surface area contributed by atoms with Gasteiger partial charge in [-0.15, -0.1) is 0 Å². The Hall–Kier alpha value is -2.50. The zero-order valence-electron chi connectivity index (χ0n) is 13.6. The predicted molar refractivity (Wildman–Crippen MR) is 99.7 cm³/mol. The highest BCUT2D eigenvalue weighted by molar-refractivity contribution is 6.31. The van der Waals surface area contributed by atoms with E-state index < -0.39 is 5.97 Å². The number of hydrogen-bond acceptors (Lipinski definition) is 4. The Morgan fingerprint density at radius 1 is 1.04 bits per heavy atom. The minimum Gasteiger partial charge on any atom is -0.450 e. The van der Waals surface area contributed by atoms with E-state index in [9.17, 15) is 9.59 Å². The maximum atomic E-state index is 12.0. The number of ether oxygens (including phenoxy) is 1. The van der Waals surface area contributed by atoms with Gasteiger partial charge in [0.25, 0.3) is 5.91 Å². The number of carbonyl (C=O) groups excluding carboxylic acids is 2. The first-order valence-electron chi connectivity index (χ1n) is 7.88. The maximum absolute atomic E-state index is 12.0. The molecule has 0 aliphatic carbocycles. The summed E-state index contributed by atoms with van der Waals surface area (Å²) in [5, 5.41) is 4.56. The van der Waals surface area contributed by atoms with Crippen molar-refractivity contribution >= 4 is 46.0 Å². The fourth-order valence-electron chi connectivity index (χ4n) is 2.41. The SMILES string of the molecule is O=C(COC(=O)c1cc2cc(Cl)ccc2o1)NCCc1cccc(Cl)c1. The monoisotopic (exact) mass is 391 g/mol. The molecule has 3 rings (SSSR count). The minimum absolute atomic E-state index is 0.0222. The van der Waals surface area contributed by atoms with Gasteiger partial charge in [0.15, 0.2) is 6.61 Å². The molecule has 1 amide bonds. The first-order chi connectivity index (χ1) is 12.5. The summed E-state index contributed by atoms with van der Waals surface area (Å²) in [6.45, 7) is 0.0338. The highest BCUT2D eigenvalue weighted by atomic mass is 35.5. The third-order valence-corrected chi connectivity index (χ3v) is 4.11. The van der Waals surface area contributed by atoms with Crippen molar-refractivity contribution in [1.29, 1.82) is 0 Å². The summed E-state index contributed by atoms with van der Waals surface area (Å²) < 4.78 is 10.4. The van der Waals surface area contributed by atoms with Gasteiger partial charge in [0.05, 0.1) is 0 Å². The summed E-state index contributed by atoms with van der Waals surface area (Å²) in [5.41, 5.74) is 1.53. The van der Waals surface area contributed by atoms with Gasteiger partial charge < -0.3 is 14.5 Å². The molecule has 0 unspecified atom stereocenters. The van der Waals surface area contributed by atoms with Crippen molar-refractivity contribution in [2.75, 3.05) is 13.2 Å². The van der Waals surface area contributed by atoms with E-state index in [0.717, 1.165) is 5.56 Å². The van der Waals surface area contributed by atoms with Crippen LogP contribution in [-0.2, 0) is 16.0 Å². The second-order valence-electron chi connectivity index (χ2n) is 5.60. The average Bonchev–Trinajstić information content (AvgIpc) is 3.03. The molecule has 1 N–H and O–H groups in total. The lowest BCUT2D eigenvalue weighted by Gasteiger charge is -2.06. The quantitative estimate of drug-likeness (QED) is 0.637. The third kappa shape index (κ3) is 4.77. The summed E-state index contributed by atoms with van der Waals surface area (Å²) in [6, 6.07) is 13.9. The second-order valence-corrected chi connectivity index (χ2v) is 6.47. The van der Waals surface area contributed by atoms with E-state index in [4.69, 9.17) is 32.4 Å². The van der Waals surface area contributed by atoms with Gasteiger partial charge in [-0.25, -0.2) is 4.79 Å². The lowest BCUT2D eigenvalue weighted by atomic mass is 10.1. The molecule has 0 radical (unpaired) electrons. The number of esters is 1. The molecule has 1 aromatic heterocycles. The number of fused-ring (bicyclic) bond motifs is 1. The molecule has 5 nitrogen and oxygen atoms in total. The van der Waals surface area contributed by atoms with Crippen LogP contribution in [0.2, 0.25) is 10.0 Å². The molecular formula is C19H15Cl2NO4. The number of benzene rings is 2. The summed E-state index contributed by atoms with van der Waals surface area (Å²) >= 11 is 11.8. The van der Waals surface area contributed by atoms with Gasteiger partial charge in [0.1, 0.15) is 5.58 Å². The fraction of sp³-hybridized carbons (Fsp3) is 0.158. The van der Waals surface area contributed by atoms with Crippen LogP contribution < -0.4 is 5.32 Å². The smallest absolute Gasteiger partial charge is 0.374 e. The van der Waals surface area contributed by atoms with E-state index in [1.54, 1.807) is 24.3 Å². The Morgan fingerprint density at radius 2 is 1.85 bits per heavy atom. The summed E-state index contributed by atoms with van der Waals surface area (Å²) in [6.07, 6.45) is 0.630. The van der Waals surface area contributed by atoms with Crippen molar-refractivity contribution < 1.29 is 18.7 Å². The molecule has 134 valence electrons. The molecule has 0 atom stereocenters. The Balaban J connectivity index is 1.46. The van der Waals surface area contributed by atoms with Crippen LogP contribution in [0.4, 0.5) is 0 Å². The van der Waals surface area contributed by atoms with Crippen LogP contribution in [0.3, 0.4) is 0 Å². The average molecular weight is 392 g/mol. The van der Waals surface area contributed by atoms with Crippen LogP contribution in [0.1, 0.15) is 16.1 Å². The van der Waals surface area contributed by atoms with Crippen molar-refractivity contribution in [3.05, 3.63) is 69.9 Å². The van der Waals surface area contributed by atoms with Crippen molar-refractivity contribution in [3.63, 3.8) is 0 Å². The van der Waals surface area contributed by atoms with E-state index in [1.807, 2.05) is 18.2 Å². The lowest BCUT2D eigenvalue weighted by molar-refractivity contribution is -0.124. The maximum Gasteiger partial charge on any atom is 0.374 e. The number of furan rings is 1. The molecular weight excluding hydrogens is 377 g/mol. The van der Waals surface area contributed by atoms with Crippen LogP contribution >= 0.6 is 23.2 Å². The van der Waals surface area contributed by atoms with Gasteiger partial charge >= 0.3 is 5.97 Å². The highest BCUT2D eigenvalue weighted by Crippen LogP contribution is 2.23. The molecule has 1 heterocycles. The predicted octanol–water partition coefficient (Wildman–Crippen LogP) is 4.26. The van der Waals surface area contributed by atoms with E-state index in [1.165, 1.54) is 6.07 Å². The van der Waals surface area contributed by atoms with Gasteiger partial charge in [-0.1, -0.05) is 35.3 Å². The molecule has 0 bridgehead atoms. The van der Waals surface area contributed by atoms with Crippen molar-refractivity contribution in [2.24, 2.45) is 0 Å². The zero-order valence-corrected chi connectivity index (χ0v) is 15.1. The normalized spacial score (nSPS) is 10.7. The fourth-order valence-corrected chi connectivity index (χ4v) is 2.80. The summed E-state index contributed by atoms with van der Waals surface area (Å²) in [4.78, 5) is 23.8. The molecule has 0 spiro atoms. The number of halogens is 2. The van der Waals surface area contributed by atoms with Gasteiger partial charge in [0.2, 0.25) is 5.76 Å². The van der Waals surface area contributed by atoms with Crippen LogP contribution in [-0.4, -0.2) is 25.0 Å². The molecule has 26 heavy (non-hydrogen) atoms. The van der Waals surface area contributed by atoms with Gasteiger partial charge in [-0.3, -0.25) is 4.79 Å². The molecule has 7 heteroatoms. The molecule has 3 aromatic rings. The number of amides is 1. The molecule has 0 aliphatic heterocycles. The van der Waals surface area contributed by atoms with E-state index in [2.05, 4.69) is 5.32 Å². The number of carbonyl (C=O) groups is 2. The summed E-state index contributed by atoms with van der Waals surface area (Å²) in [7, 11) is 0. The van der Waals surface area contributed by atoms with Gasteiger partial charge in [-0.2, -0.15) is 0 Å². The van der Waals surface area contributed by atoms with Crippen LogP contribution in [0, 0.1) is 0 Å². The first kappa shape index (κ1) is 18.3. The third-order valence-electron chi connectivity index (χ3n) is 3.64. The van der Waals surface area contributed by atoms with Crippen molar-refractivity contribution in [2.45, 2.75) is 6.42 Å². The minimum atomic E-state index is -0.706. The molecule has 0 saturated heterocycles. The Bertz CT molecular complexity index is 952. The molecule has 0 aliphatic rings.